The molecule has 0 bridgehead atoms. The summed E-state index contributed by atoms with van der Waals surface area (Å²) in [6.07, 6.45) is -0.222. The highest BCUT2D eigenvalue weighted by atomic mass is 16.5. The fraction of sp³-hybridized carbons (Fsp3) is 0.171. The second-order valence-electron chi connectivity index (χ2n) is 10.3. The van der Waals surface area contributed by atoms with Gasteiger partial charge >= 0.3 is 5.97 Å². The molecular weight excluding hydrogens is 578 g/mol. The van der Waals surface area contributed by atoms with E-state index in [0.29, 0.717) is 33.9 Å². The van der Waals surface area contributed by atoms with Crippen LogP contribution in [-0.4, -0.2) is 36.3 Å². The molecule has 0 fully saturated rings. The van der Waals surface area contributed by atoms with Gasteiger partial charge in [0.15, 0.2) is 5.43 Å². The number of methoxy groups -OCH3 is 2. The molecule has 5 rings (SSSR count). The summed E-state index contributed by atoms with van der Waals surface area (Å²) in [7, 11) is 2.78. The number of hydrogen-bond donors (Lipinski definition) is 3. The van der Waals surface area contributed by atoms with Crippen LogP contribution >= 0.6 is 0 Å². The van der Waals surface area contributed by atoms with Gasteiger partial charge in [-0.25, -0.2) is 0 Å². The molecule has 1 heterocycles. The Hall–Kier alpha value is -5.77. The lowest BCUT2D eigenvalue weighted by Crippen LogP contribution is -2.13. The highest BCUT2D eigenvalue weighted by molar-refractivity contribution is 5.91. The van der Waals surface area contributed by atoms with Crippen molar-refractivity contribution >= 4 is 28.5 Å². The number of rotatable bonds is 10. The number of anilines is 1. The first-order valence-corrected chi connectivity index (χ1v) is 14.0. The molecule has 10 heteroatoms. The van der Waals surface area contributed by atoms with E-state index in [-0.39, 0.29) is 47.0 Å². The van der Waals surface area contributed by atoms with E-state index in [9.17, 15) is 24.6 Å². The summed E-state index contributed by atoms with van der Waals surface area (Å²) in [6.45, 7) is 1.50. The summed E-state index contributed by atoms with van der Waals surface area (Å²) in [5, 5.41) is 24.5. The number of phenolic OH excluding ortho intramolecular Hbond substituents is 2. The van der Waals surface area contributed by atoms with Crippen LogP contribution in [0.3, 0.4) is 0 Å². The summed E-state index contributed by atoms with van der Waals surface area (Å²) < 4.78 is 22.8. The average molecular weight is 610 g/mol. The molecule has 0 saturated carbocycles. The van der Waals surface area contributed by atoms with Crippen molar-refractivity contribution in [2.45, 2.75) is 25.9 Å². The van der Waals surface area contributed by atoms with Crippen molar-refractivity contribution in [3.05, 3.63) is 112 Å². The van der Waals surface area contributed by atoms with Gasteiger partial charge in [-0.1, -0.05) is 36.4 Å². The molecule has 1 aromatic heterocycles. The largest absolute Gasteiger partial charge is 0.507 e. The van der Waals surface area contributed by atoms with E-state index in [4.69, 9.17) is 18.6 Å². The van der Waals surface area contributed by atoms with Gasteiger partial charge in [0.25, 0.3) is 0 Å². The standard InChI is InChI=1S/C35H31NO9/c1-20(37)36-24-10-12-25(13-11-24)44-19-23-15-22(9-14-30(23)42-2)26(16-32(41)43-3)33-27(38)17-28(39)34-29(40)18-31(45-35(33)34)21-7-5-4-6-8-21/h4-15,17-18,26,38-39H,16,19H2,1-3H3,(H,36,37)/t26-/m1/s1. The molecule has 45 heavy (non-hydrogen) atoms. The second-order valence-corrected chi connectivity index (χ2v) is 10.3. The van der Waals surface area contributed by atoms with Crippen molar-refractivity contribution in [2.75, 3.05) is 19.5 Å². The van der Waals surface area contributed by atoms with Crippen LogP contribution in [0.1, 0.15) is 36.0 Å². The predicted molar refractivity (Wildman–Crippen MR) is 168 cm³/mol. The number of esters is 1. The maximum absolute atomic E-state index is 13.3. The SMILES string of the molecule is COC(=O)C[C@H](c1ccc(OC)c(COc2ccc(NC(C)=O)cc2)c1)c1c(O)cc(O)c2c(=O)cc(-c3ccccc3)oc12. The molecule has 10 nitrogen and oxygen atoms in total. The minimum absolute atomic E-state index is 0.0550. The molecule has 3 N–H and O–H groups in total. The number of hydrogen-bond acceptors (Lipinski definition) is 9. The fourth-order valence-corrected chi connectivity index (χ4v) is 5.17. The van der Waals surface area contributed by atoms with E-state index in [1.807, 2.05) is 6.07 Å². The molecule has 0 aliphatic carbocycles. The topological polar surface area (TPSA) is 145 Å². The highest BCUT2D eigenvalue weighted by Gasteiger charge is 2.29. The predicted octanol–water partition coefficient (Wildman–Crippen LogP) is 6.11. The molecular formula is C35H31NO9. The molecule has 0 aliphatic rings. The van der Waals surface area contributed by atoms with Crippen LogP contribution in [0.2, 0.25) is 0 Å². The maximum atomic E-state index is 13.3. The summed E-state index contributed by atoms with van der Waals surface area (Å²) in [6, 6.07) is 23.4. The van der Waals surface area contributed by atoms with Gasteiger partial charge in [0.05, 0.1) is 20.6 Å². The number of nitrogens with one attached hydrogen (secondary N) is 1. The third kappa shape index (κ3) is 6.75. The maximum Gasteiger partial charge on any atom is 0.306 e. The molecule has 4 aromatic carbocycles. The van der Waals surface area contributed by atoms with Gasteiger partial charge in [0, 0.05) is 47.4 Å². The normalized spacial score (nSPS) is 11.5. The lowest BCUT2D eigenvalue weighted by atomic mass is 9.85. The Balaban J connectivity index is 1.61. The van der Waals surface area contributed by atoms with Crippen LogP contribution in [0, 0.1) is 0 Å². The van der Waals surface area contributed by atoms with E-state index in [1.54, 1.807) is 66.7 Å². The Morgan fingerprint density at radius 3 is 2.31 bits per heavy atom. The molecule has 5 aromatic rings. The average Bonchev–Trinajstić information content (AvgIpc) is 3.03. The van der Waals surface area contributed by atoms with Gasteiger partial charge in [-0.3, -0.25) is 14.4 Å². The number of ether oxygens (including phenoxy) is 3. The van der Waals surface area contributed by atoms with Crippen LogP contribution in [0.4, 0.5) is 5.69 Å². The van der Waals surface area contributed by atoms with Gasteiger partial charge in [-0.2, -0.15) is 0 Å². The second kappa shape index (κ2) is 13.3. The first-order valence-electron chi connectivity index (χ1n) is 14.0. The molecule has 0 aliphatic heterocycles. The van der Waals surface area contributed by atoms with Gasteiger partial charge in [0.2, 0.25) is 5.91 Å². The monoisotopic (exact) mass is 609 g/mol. The number of amides is 1. The molecule has 0 saturated heterocycles. The van der Waals surface area contributed by atoms with Crippen LogP contribution in [-0.2, 0) is 20.9 Å². The van der Waals surface area contributed by atoms with Crippen LogP contribution in [0.25, 0.3) is 22.3 Å². The van der Waals surface area contributed by atoms with Gasteiger partial charge in [-0.15, -0.1) is 0 Å². The Kier molecular flexibility index (Phi) is 9.04. The highest BCUT2D eigenvalue weighted by Crippen LogP contribution is 2.43. The Morgan fingerprint density at radius 1 is 0.911 bits per heavy atom. The van der Waals surface area contributed by atoms with E-state index < -0.39 is 23.1 Å². The van der Waals surface area contributed by atoms with Crippen LogP contribution in [0.5, 0.6) is 23.0 Å². The Bertz CT molecular complexity index is 1910. The number of fused-ring (bicyclic) bond motifs is 1. The first-order chi connectivity index (χ1) is 21.7. The summed E-state index contributed by atoms with van der Waals surface area (Å²) >= 11 is 0. The van der Waals surface area contributed by atoms with Crippen molar-refractivity contribution in [1.82, 2.24) is 0 Å². The van der Waals surface area contributed by atoms with Crippen LogP contribution < -0.4 is 20.2 Å². The van der Waals surface area contributed by atoms with E-state index in [1.165, 1.54) is 27.2 Å². The fourth-order valence-electron chi connectivity index (χ4n) is 5.17. The minimum Gasteiger partial charge on any atom is -0.507 e. The lowest BCUT2D eigenvalue weighted by Gasteiger charge is -2.22. The zero-order chi connectivity index (χ0) is 32.1. The number of aromatic hydroxyl groups is 2. The molecule has 1 atom stereocenters. The number of benzene rings is 4. The zero-order valence-electron chi connectivity index (χ0n) is 24.8. The van der Waals surface area contributed by atoms with Gasteiger partial charge < -0.3 is 34.2 Å². The van der Waals surface area contributed by atoms with Crippen molar-refractivity contribution in [1.29, 1.82) is 0 Å². The molecule has 0 radical (unpaired) electrons. The summed E-state index contributed by atoms with van der Waals surface area (Å²) in [5.74, 6) is -1.16. The number of carbonyl (C=O) groups is 2. The quantitative estimate of drug-likeness (QED) is 0.160. The molecule has 1 amide bonds. The third-order valence-electron chi connectivity index (χ3n) is 7.28. The number of phenols is 2. The van der Waals surface area contributed by atoms with Crippen molar-refractivity contribution < 1.29 is 38.4 Å². The summed E-state index contributed by atoms with van der Waals surface area (Å²) in [4.78, 5) is 37.3. The van der Waals surface area contributed by atoms with Crippen molar-refractivity contribution in [2.24, 2.45) is 0 Å². The molecule has 230 valence electrons. The Morgan fingerprint density at radius 2 is 1.64 bits per heavy atom. The van der Waals surface area contributed by atoms with Crippen LogP contribution in [0.15, 0.2) is 94.1 Å². The minimum atomic E-state index is -0.865. The van der Waals surface area contributed by atoms with Crippen molar-refractivity contribution in [3.63, 3.8) is 0 Å². The van der Waals surface area contributed by atoms with Gasteiger partial charge in [0.1, 0.15) is 46.3 Å². The summed E-state index contributed by atoms with van der Waals surface area (Å²) in [5.41, 5.74) is 2.00. The van der Waals surface area contributed by atoms with Crippen molar-refractivity contribution in [3.8, 4) is 34.3 Å². The first kappa shape index (κ1) is 30.7. The number of carbonyl (C=O) groups excluding carboxylic acids is 2. The van der Waals surface area contributed by atoms with E-state index in [2.05, 4.69) is 5.32 Å². The van der Waals surface area contributed by atoms with E-state index >= 15 is 0 Å². The zero-order valence-corrected chi connectivity index (χ0v) is 24.8. The van der Waals surface area contributed by atoms with E-state index in [0.717, 1.165) is 6.07 Å². The Labute approximate surface area is 258 Å². The third-order valence-corrected chi connectivity index (χ3v) is 7.28. The smallest absolute Gasteiger partial charge is 0.306 e. The molecule has 0 spiro atoms. The lowest BCUT2D eigenvalue weighted by molar-refractivity contribution is -0.140. The molecule has 0 unspecified atom stereocenters. The van der Waals surface area contributed by atoms with Gasteiger partial charge in [-0.05, 0) is 42.0 Å².